The maximum Gasteiger partial charge on any atom is 0.270 e. The van der Waals surface area contributed by atoms with Crippen LogP contribution in [0.25, 0.3) is 0 Å². The molecule has 0 spiro atoms. The number of benzene rings is 1. The van der Waals surface area contributed by atoms with Gasteiger partial charge in [0, 0.05) is 49.4 Å². The summed E-state index contributed by atoms with van der Waals surface area (Å²) in [6.07, 6.45) is 2.31. The van der Waals surface area contributed by atoms with Gasteiger partial charge >= 0.3 is 0 Å². The maximum atomic E-state index is 13.2. The number of nitrogens with zero attached hydrogens (tertiary/aromatic N) is 4. The number of rotatable bonds is 9. The molecule has 0 bridgehead atoms. The van der Waals surface area contributed by atoms with Crippen LogP contribution in [0.1, 0.15) is 21.7 Å². The summed E-state index contributed by atoms with van der Waals surface area (Å²) in [7, 11) is 0. The molecule has 0 unspecified atom stereocenters. The van der Waals surface area contributed by atoms with Crippen LogP contribution >= 0.6 is 22.9 Å². The molecule has 0 saturated carbocycles. The standard InChI is InChI=1S/C20H24ClN5O5S/c1-14-12-22-20(32-14)23-18(27)13-25(6-2-5-24-7-9-31-10-8-24)19(28)16-4-3-15(26(29)30)11-17(16)21/h3-4,11-12H,2,5-10,13H2,1H3,(H,22,23,27). The van der Waals surface area contributed by atoms with Crippen LogP contribution in [0, 0.1) is 17.0 Å². The molecular formula is C20H24ClN5O5S. The van der Waals surface area contributed by atoms with E-state index in [1.54, 1.807) is 6.20 Å². The Kier molecular flexibility index (Phi) is 8.51. The van der Waals surface area contributed by atoms with Crippen molar-refractivity contribution in [3.63, 3.8) is 0 Å². The average Bonchev–Trinajstić information content (AvgIpc) is 3.17. The van der Waals surface area contributed by atoms with Gasteiger partial charge in [-0.15, -0.1) is 11.3 Å². The van der Waals surface area contributed by atoms with Gasteiger partial charge in [0.05, 0.1) is 28.7 Å². The van der Waals surface area contributed by atoms with Crippen LogP contribution in [0.3, 0.4) is 0 Å². The Hall–Kier alpha value is -2.60. The Labute approximate surface area is 194 Å². The first kappa shape index (κ1) is 24.1. The van der Waals surface area contributed by atoms with Gasteiger partial charge in [-0.1, -0.05) is 11.6 Å². The van der Waals surface area contributed by atoms with Crippen molar-refractivity contribution in [2.24, 2.45) is 0 Å². The number of thiazole rings is 1. The third kappa shape index (κ3) is 6.70. The molecule has 2 aromatic rings. The van der Waals surface area contributed by atoms with Crippen LogP contribution in [0.15, 0.2) is 24.4 Å². The second-order valence-corrected chi connectivity index (χ2v) is 8.92. The van der Waals surface area contributed by atoms with E-state index in [0.29, 0.717) is 31.3 Å². The van der Waals surface area contributed by atoms with E-state index in [9.17, 15) is 19.7 Å². The van der Waals surface area contributed by atoms with Gasteiger partial charge in [-0.05, 0) is 19.4 Å². The number of carbonyl (C=O) groups is 2. The fourth-order valence-corrected chi connectivity index (χ4v) is 4.20. The Morgan fingerprint density at radius 1 is 1.38 bits per heavy atom. The predicted octanol–water partition coefficient (Wildman–Crippen LogP) is 2.82. The second kappa shape index (κ2) is 11.3. The fraction of sp³-hybridized carbons (Fsp3) is 0.450. The molecule has 1 aromatic heterocycles. The zero-order valence-electron chi connectivity index (χ0n) is 17.6. The van der Waals surface area contributed by atoms with Gasteiger partial charge < -0.3 is 15.0 Å². The monoisotopic (exact) mass is 481 g/mol. The van der Waals surface area contributed by atoms with Crippen molar-refractivity contribution >= 4 is 45.6 Å². The first-order valence-corrected chi connectivity index (χ1v) is 11.3. The number of halogens is 1. The van der Waals surface area contributed by atoms with E-state index in [1.807, 2.05) is 6.92 Å². The first-order chi connectivity index (χ1) is 15.3. The highest BCUT2D eigenvalue weighted by Crippen LogP contribution is 2.24. The number of amides is 2. The molecule has 1 N–H and O–H groups in total. The number of anilines is 1. The molecule has 3 rings (SSSR count). The zero-order valence-corrected chi connectivity index (χ0v) is 19.2. The van der Waals surface area contributed by atoms with Crippen LogP contribution in [-0.2, 0) is 9.53 Å². The van der Waals surface area contributed by atoms with Crippen molar-refractivity contribution in [2.75, 3.05) is 51.3 Å². The maximum absolute atomic E-state index is 13.2. The molecule has 32 heavy (non-hydrogen) atoms. The normalized spacial score (nSPS) is 14.2. The summed E-state index contributed by atoms with van der Waals surface area (Å²) in [5.41, 5.74) is -0.0937. The van der Waals surface area contributed by atoms with Gasteiger partial charge in [0.1, 0.15) is 6.54 Å². The van der Waals surface area contributed by atoms with Crippen molar-refractivity contribution in [3.8, 4) is 0 Å². The summed E-state index contributed by atoms with van der Waals surface area (Å²) < 4.78 is 5.35. The van der Waals surface area contributed by atoms with E-state index in [4.69, 9.17) is 16.3 Å². The van der Waals surface area contributed by atoms with E-state index in [-0.39, 0.29) is 28.7 Å². The highest BCUT2D eigenvalue weighted by molar-refractivity contribution is 7.15. The van der Waals surface area contributed by atoms with Crippen molar-refractivity contribution in [1.82, 2.24) is 14.8 Å². The molecule has 12 heteroatoms. The molecule has 2 amide bonds. The van der Waals surface area contributed by atoms with Crippen LogP contribution in [0.4, 0.5) is 10.8 Å². The van der Waals surface area contributed by atoms with Gasteiger partial charge in [-0.25, -0.2) is 4.98 Å². The summed E-state index contributed by atoms with van der Waals surface area (Å²) in [5.74, 6) is -0.838. The Balaban J connectivity index is 1.70. The van der Waals surface area contributed by atoms with Gasteiger partial charge in [0.2, 0.25) is 5.91 Å². The summed E-state index contributed by atoms with van der Waals surface area (Å²) >= 11 is 7.50. The van der Waals surface area contributed by atoms with Gasteiger partial charge in [0.15, 0.2) is 5.13 Å². The number of nitro groups is 1. The quantitative estimate of drug-likeness (QED) is 0.432. The molecular weight excluding hydrogens is 458 g/mol. The molecule has 1 aromatic carbocycles. The molecule has 1 aliphatic heterocycles. The van der Waals surface area contributed by atoms with E-state index in [2.05, 4.69) is 15.2 Å². The fourth-order valence-electron chi connectivity index (χ4n) is 3.27. The minimum Gasteiger partial charge on any atom is -0.379 e. The lowest BCUT2D eigenvalue weighted by Crippen LogP contribution is -2.41. The predicted molar refractivity (Wildman–Crippen MR) is 121 cm³/mol. The topological polar surface area (TPSA) is 118 Å². The molecule has 0 atom stereocenters. The largest absolute Gasteiger partial charge is 0.379 e. The summed E-state index contributed by atoms with van der Waals surface area (Å²) in [5, 5.41) is 14.1. The van der Waals surface area contributed by atoms with Crippen molar-refractivity contribution < 1.29 is 19.2 Å². The Bertz CT molecular complexity index is 979. The number of carbonyl (C=O) groups excluding carboxylic acids is 2. The van der Waals surface area contributed by atoms with Crippen molar-refractivity contribution in [1.29, 1.82) is 0 Å². The SMILES string of the molecule is Cc1cnc(NC(=O)CN(CCCN2CCOCC2)C(=O)c2ccc([N+](=O)[O-])cc2Cl)s1. The minimum absolute atomic E-state index is 0.0293. The molecule has 1 saturated heterocycles. The average molecular weight is 482 g/mol. The van der Waals surface area contributed by atoms with E-state index >= 15 is 0 Å². The molecule has 0 radical (unpaired) electrons. The van der Waals surface area contributed by atoms with Crippen molar-refractivity contribution in [3.05, 3.63) is 50.0 Å². The van der Waals surface area contributed by atoms with Gasteiger partial charge in [0.25, 0.3) is 11.6 Å². The third-order valence-corrected chi connectivity index (χ3v) is 6.03. The number of hydrogen-bond donors (Lipinski definition) is 1. The van der Waals surface area contributed by atoms with E-state index < -0.39 is 10.8 Å². The van der Waals surface area contributed by atoms with Gasteiger partial charge in [-0.3, -0.25) is 24.6 Å². The van der Waals surface area contributed by atoms with Crippen LogP contribution in [-0.4, -0.2) is 77.5 Å². The summed E-state index contributed by atoms with van der Waals surface area (Å²) in [4.78, 5) is 44.8. The Morgan fingerprint density at radius 3 is 2.75 bits per heavy atom. The van der Waals surface area contributed by atoms with E-state index in [1.165, 1.54) is 28.4 Å². The summed E-state index contributed by atoms with van der Waals surface area (Å²) in [6, 6.07) is 3.68. The zero-order chi connectivity index (χ0) is 23.1. The number of ether oxygens (including phenoxy) is 1. The number of nitrogens with one attached hydrogen (secondary N) is 1. The minimum atomic E-state index is -0.580. The number of aryl methyl sites for hydroxylation is 1. The molecule has 0 aliphatic carbocycles. The first-order valence-electron chi connectivity index (χ1n) is 10.1. The number of morpholine rings is 1. The number of nitro benzene ring substituents is 1. The molecule has 2 heterocycles. The molecule has 172 valence electrons. The Morgan fingerprint density at radius 2 is 2.12 bits per heavy atom. The van der Waals surface area contributed by atoms with Crippen molar-refractivity contribution in [2.45, 2.75) is 13.3 Å². The van der Waals surface area contributed by atoms with E-state index in [0.717, 1.165) is 30.6 Å². The highest BCUT2D eigenvalue weighted by Gasteiger charge is 2.23. The summed E-state index contributed by atoms with van der Waals surface area (Å²) in [6.45, 7) is 5.78. The molecule has 1 aliphatic rings. The lowest BCUT2D eigenvalue weighted by molar-refractivity contribution is -0.384. The molecule has 10 nitrogen and oxygen atoms in total. The third-order valence-electron chi connectivity index (χ3n) is 4.89. The van der Waals surface area contributed by atoms with Crippen LogP contribution < -0.4 is 5.32 Å². The number of aromatic nitrogens is 1. The second-order valence-electron chi connectivity index (χ2n) is 7.28. The molecule has 1 fully saturated rings. The lowest BCUT2D eigenvalue weighted by atomic mass is 10.1. The number of hydrogen-bond acceptors (Lipinski definition) is 8. The highest BCUT2D eigenvalue weighted by atomic mass is 35.5. The van der Waals surface area contributed by atoms with Crippen LogP contribution in [0.5, 0.6) is 0 Å². The number of non-ortho nitro benzene ring substituents is 1. The van der Waals surface area contributed by atoms with Gasteiger partial charge in [-0.2, -0.15) is 0 Å². The van der Waals surface area contributed by atoms with Crippen LogP contribution in [0.2, 0.25) is 5.02 Å². The lowest BCUT2D eigenvalue weighted by Gasteiger charge is -2.28. The smallest absolute Gasteiger partial charge is 0.270 e.